The highest BCUT2D eigenvalue weighted by atomic mass is 16.6. The number of ether oxygens (including phenoxy) is 1. The Bertz CT molecular complexity index is 628. The number of nitro benzene ring substituents is 1. The van der Waals surface area contributed by atoms with Crippen LogP contribution < -0.4 is 15.4 Å². The predicted octanol–water partition coefficient (Wildman–Crippen LogP) is 1.65. The van der Waals surface area contributed by atoms with E-state index in [1.54, 1.807) is 6.07 Å². The van der Waals surface area contributed by atoms with Crippen molar-refractivity contribution in [1.29, 1.82) is 0 Å². The van der Waals surface area contributed by atoms with Crippen molar-refractivity contribution in [3.8, 4) is 5.75 Å². The van der Waals surface area contributed by atoms with Crippen molar-refractivity contribution in [2.45, 2.75) is 20.3 Å². The Labute approximate surface area is 140 Å². The quantitative estimate of drug-likeness (QED) is 0.308. The van der Waals surface area contributed by atoms with Crippen LogP contribution in [0.4, 0.5) is 5.69 Å². The molecule has 1 aromatic carbocycles. The van der Waals surface area contributed by atoms with E-state index in [9.17, 15) is 19.7 Å². The van der Waals surface area contributed by atoms with E-state index >= 15 is 0 Å². The molecule has 8 heteroatoms. The number of benzene rings is 1. The third kappa shape index (κ3) is 6.91. The average molecular weight is 335 g/mol. The molecule has 0 saturated carbocycles. The summed E-state index contributed by atoms with van der Waals surface area (Å²) in [5, 5.41) is 16.2. The lowest BCUT2D eigenvalue weighted by Gasteiger charge is -2.06. The van der Waals surface area contributed by atoms with Crippen molar-refractivity contribution < 1.29 is 19.2 Å². The summed E-state index contributed by atoms with van der Waals surface area (Å²) in [6, 6.07) is 4.51. The summed E-state index contributed by atoms with van der Waals surface area (Å²) in [6.45, 7) is 4.33. The highest BCUT2D eigenvalue weighted by Gasteiger charge is 2.15. The number of rotatable bonds is 9. The van der Waals surface area contributed by atoms with E-state index in [1.165, 1.54) is 31.2 Å². The molecule has 0 bridgehead atoms. The second-order valence-electron chi connectivity index (χ2n) is 4.94. The van der Waals surface area contributed by atoms with Gasteiger partial charge in [-0.3, -0.25) is 19.7 Å². The minimum Gasteiger partial charge on any atom is -0.487 e. The van der Waals surface area contributed by atoms with Crippen LogP contribution >= 0.6 is 0 Å². The molecule has 0 saturated heterocycles. The molecule has 2 amide bonds. The number of nitrogens with one attached hydrogen (secondary N) is 2. The maximum atomic E-state index is 11.6. The zero-order chi connectivity index (χ0) is 17.9. The molecule has 130 valence electrons. The van der Waals surface area contributed by atoms with Gasteiger partial charge in [-0.2, -0.15) is 0 Å². The monoisotopic (exact) mass is 335 g/mol. The van der Waals surface area contributed by atoms with Crippen LogP contribution in [0.2, 0.25) is 0 Å². The van der Waals surface area contributed by atoms with Crippen LogP contribution in [0.3, 0.4) is 0 Å². The van der Waals surface area contributed by atoms with Crippen LogP contribution in [0, 0.1) is 10.1 Å². The molecule has 24 heavy (non-hydrogen) atoms. The van der Waals surface area contributed by atoms with Gasteiger partial charge in [0.1, 0.15) is 0 Å². The van der Waals surface area contributed by atoms with Crippen molar-refractivity contribution in [1.82, 2.24) is 10.6 Å². The molecule has 2 N–H and O–H groups in total. The SMILES string of the molecule is CCCOc1ccc(/C=C/C(=O)NCCNC(C)=O)cc1[N+](=O)[O-]. The van der Waals surface area contributed by atoms with Gasteiger partial charge in [0.25, 0.3) is 0 Å². The zero-order valence-corrected chi connectivity index (χ0v) is 13.7. The van der Waals surface area contributed by atoms with Crippen molar-refractivity contribution in [2.24, 2.45) is 0 Å². The van der Waals surface area contributed by atoms with Crippen LogP contribution in [-0.4, -0.2) is 36.4 Å². The largest absolute Gasteiger partial charge is 0.487 e. The number of amides is 2. The number of hydrogen-bond acceptors (Lipinski definition) is 5. The third-order valence-electron chi connectivity index (χ3n) is 2.87. The lowest BCUT2D eigenvalue weighted by atomic mass is 10.1. The fourth-order valence-electron chi connectivity index (χ4n) is 1.77. The smallest absolute Gasteiger partial charge is 0.311 e. The van der Waals surface area contributed by atoms with E-state index in [0.29, 0.717) is 25.3 Å². The number of carbonyl (C=O) groups is 2. The maximum absolute atomic E-state index is 11.6. The molecule has 0 atom stereocenters. The maximum Gasteiger partial charge on any atom is 0.311 e. The topological polar surface area (TPSA) is 111 Å². The number of nitrogens with zero attached hydrogens (tertiary/aromatic N) is 1. The molecule has 1 rings (SSSR count). The van der Waals surface area contributed by atoms with Gasteiger partial charge in [-0.25, -0.2) is 0 Å². The first kappa shape index (κ1) is 19.1. The molecule has 0 heterocycles. The van der Waals surface area contributed by atoms with Gasteiger partial charge in [-0.15, -0.1) is 0 Å². The van der Waals surface area contributed by atoms with Crippen molar-refractivity contribution in [3.05, 3.63) is 40.0 Å². The summed E-state index contributed by atoms with van der Waals surface area (Å²) in [6.07, 6.45) is 3.50. The van der Waals surface area contributed by atoms with Crippen molar-refractivity contribution in [3.63, 3.8) is 0 Å². The number of carbonyl (C=O) groups excluding carboxylic acids is 2. The van der Waals surface area contributed by atoms with Crippen LogP contribution in [0.25, 0.3) is 6.08 Å². The number of hydrogen-bond donors (Lipinski definition) is 2. The zero-order valence-electron chi connectivity index (χ0n) is 13.7. The summed E-state index contributed by atoms with van der Waals surface area (Å²) in [5.41, 5.74) is 0.374. The van der Waals surface area contributed by atoms with Gasteiger partial charge in [0.05, 0.1) is 11.5 Å². The summed E-state index contributed by atoms with van der Waals surface area (Å²) < 4.78 is 5.33. The molecule has 0 fully saturated rings. The van der Waals surface area contributed by atoms with Gasteiger partial charge in [-0.1, -0.05) is 13.0 Å². The third-order valence-corrected chi connectivity index (χ3v) is 2.87. The summed E-state index contributed by atoms with van der Waals surface area (Å²) >= 11 is 0. The molecule has 0 aliphatic rings. The molecular weight excluding hydrogens is 314 g/mol. The van der Waals surface area contributed by atoms with Gasteiger partial charge in [-0.05, 0) is 24.1 Å². The lowest BCUT2D eigenvalue weighted by molar-refractivity contribution is -0.385. The highest BCUT2D eigenvalue weighted by molar-refractivity contribution is 5.91. The molecule has 8 nitrogen and oxygen atoms in total. The molecule has 0 aliphatic heterocycles. The summed E-state index contributed by atoms with van der Waals surface area (Å²) in [5.74, 6) is -0.314. The Morgan fingerprint density at radius 1 is 1.29 bits per heavy atom. The second kappa shape index (κ2) is 9.98. The molecule has 0 aliphatic carbocycles. The van der Waals surface area contributed by atoms with E-state index in [0.717, 1.165) is 6.42 Å². The molecule has 0 unspecified atom stereocenters. The van der Waals surface area contributed by atoms with Crippen molar-refractivity contribution >= 4 is 23.6 Å². The first-order valence-electron chi connectivity index (χ1n) is 7.55. The molecule has 1 aromatic rings. The number of nitro groups is 1. The van der Waals surface area contributed by atoms with Crippen LogP contribution in [0.1, 0.15) is 25.8 Å². The van der Waals surface area contributed by atoms with E-state index < -0.39 is 4.92 Å². The minimum absolute atomic E-state index is 0.142. The Hall–Kier alpha value is -2.90. The predicted molar refractivity (Wildman–Crippen MR) is 89.6 cm³/mol. The van der Waals surface area contributed by atoms with Crippen LogP contribution in [-0.2, 0) is 9.59 Å². The fraction of sp³-hybridized carbons (Fsp3) is 0.375. The first-order valence-corrected chi connectivity index (χ1v) is 7.55. The van der Waals surface area contributed by atoms with Crippen molar-refractivity contribution in [2.75, 3.05) is 19.7 Å². The Kier molecular flexibility index (Phi) is 7.97. The minimum atomic E-state index is -0.518. The van der Waals surface area contributed by atoms with E-state index in [2.05, 4.69) is 10.6 Å². The van der Waals surface area contributed by atoms with E-state index in [-0.39, 0.29) is 23.3 Å². The summed E-state index contributed by atoms with van der Waals surface area (Å²) in [7, 11) is 0. The highest BCUT2D eigenvalue weighted by Crippen LogP contribution is 2.28. The Morgan fingerprint density at radius 2 is 2.00 bits per heavy atom. The van der Waals surface area contributed by atoms with E-state index in [4.69, 9.17) is 4.74 Å². The second-order valence-corrected chi connectivity index (χ2v) is 4.94. The standard InChI is InChI=1S/C16H21N3O5/c1-3-10-24-15-6-4-13(11-14(15)19(22)23)5-7-16(21)18-9-8-17-12(2)20/h4-7,11H,3,8-10H2,1-2H3,(H,17,20)(H,18,21)/b7-5+. The van der Waals surface area contributed by atoms with Crippen LogP contribution in [0.5, 0.6) is 5.75 Å². The molecule has 0 radical (unpaired) electrons. The van der Waals surface area contributed by atoms with E-state index in [1.807, 2.05) is 6.92 Å². The Morgan fingerprint density at radius 3 is 2.62 bits per heavy atom. The summed E-state index contributed by atoms with van der Waals surface area (Å²) in [4.78, 5) is 32.9. The van der Waals surface area contributed by atoms with Crippen LogP contribution in [0.15, 0.2) is 24.3 Å². The Balaban J connectivity index is 2.66. The first-order chi connectivity index (χ1) is 11.4. The molecule has 0 aromatic heterocycles. The van der Waals surface area contributed by atoms with Gasteiger partial charge < -0.3 is 15.4 Å². The average Bonchev–Trinajstić information content (AvgIpc) is 2.55. The fourth-order valence-corrected chi connectivity index (χ4v) is 1.77. The molecular formula is C16H21N3O5. The van der Waals surface area contributed by atoms with Gasteiger partial charge >= 0.3 is 5.69 Å². The normalized spacial score (nSPS) is 10.4. The van der Waals surface area contributed by atoms with Gasteiger partial charge in [0, 0.05) is 32.2 Å². The lowest BCUT2D eigenvalue weighted by Crippen LogP contribution is -2.32. The molecule has 0 spiro atoms. The van der Waals surface area contributed by atoms with Gasteiger partial charge in [0.15, 0.2) is 5.75 Å². The van der Waals surface area contributed by atoms with Gasteiger partial charge in [0.2, 0.25) is 11.8 Å².